The van der Waals surface area contributed by atoms with Crippen LogP contribution in [0.25, 0.3) is 0 Å². The summed E-state index contributed by atoms with van der Waals surface area (Å²) in [5.41, 5.74) is 6.86. The Balaban J connectivity index is 2.01. The van der Waals surface area contributed by atoms with Crippen LogP contribution in [0, 0.1) is 0 Å². The van der Waals surface area contributed by atoms with E-state index in [4.69, 9.17) is 22.1 Å². The Labute approximate surface area is 117 Å². The molecule has 0 aliphatic heterocycles. The first-order valence-electron chi connectivity index (χ1n) is 6.08. The van der Waals surface area contributed by atoms with E-state index in [9.17, 15) is 0 Å². The van der Waals surface area contributed by atoms with Crippen molar-refractivity contribution in [2.24, 2.45) is 5.73 Å². The van der Waals surface area contributed by atoms with Crippen molar-refractivity contribution >= 4 is 11.6 Å². The van der Waals surface area contributed by atoms with E-state index in [2.05, 4.69) is 9.97 Å². The second kappa shape index (κ2) is 6.50. The number of benzene rings is 1. The van der Waals surface area contributed by atoms with Gasteiger partial charge in [-0.25, -0.2) is 9.97 Å². The number of rotatable bonds is 5. The van der Waals surface area contributed by atoms with E-state index in [0.717, 1.165) is 12.0 Å². The maximum atomic E-state index is 6.17. The summed E-state index contributed by atoms with van der Waals surface area (Å²) < 4.78 is 5.59. The minimum atomic E-state index is 0.112. The molecule has 1 atom stereocenters. The first-order chi connectivity index (χ1) is 9.15. The highest BCUT2D eigenvalue weighted by Gasteiger charge is 2.06. The number of hydrogen-bond donors (Lipinski definition) is 1. The van der Waals surface area contributed by atoms with Gasteiger partial charge in [-0.15, -0.1) is 0 Å². The molecule has 0 saturated heterocycles. The van der Waals surface area contributed by atoms with Crippen LogP contribution in [-0.2, 0) is 13.0 Å². The van der Waals surface area contributed by atoms with Gasteiger partial charge in [-0.2, -0.15) is 0 Å². The van der Waals surface area contributed by atoms with E-state index in [0.29, 0.717) is 23.2 Å². The fourth-order valence-corrected chi connectivity index (χ4v) is 1.96. The molecule has 19 heavy (non-hydrogen) atoms. The quantitative estimate of drug-likeness (QED) is 0.912. The van der Waals surface area contributed by atoms with Crippen LogP contribution in [0.1, 0.15) is 18.3 Å². The van der Waals surface area contributed by atoms with Gasteiger partial charge in [-0.3, -0.25) is 0 Å². The van der Waals surface area contributed by atoms with E-state index in [1.807, 2.05) is 25.1 Å². The van der Waals surface area contributed by atoms with E-state index in [1.54, 1.807) is 18.5 Å². The van der Waals surface area contributed by atoms with E-state index < -0.39 is 0 Å². The third kappa shape index (κ3) is 4.19. The highest BCUT2D eigenvalue weighted by Crippen LogP contribution is 2.26. The van der Waals surface area contributed by atoms with Crippen molar-refractivity contribution in [2.45, 2.75) is 26.0 Å². The van der Waals surface area contributed by atoms with Gasteiger partial charge in [0.15, 0.2) is 5.82 Å². The van der Waals surface area contributed by atoms with Crippen LogP contribution in [0.2, 0.25) is 5.02 Å². The van der Waals surface area contributed by atoms with E-state index in [1.165, 1.54) is 0 Å². The SMILES string of the molecule is CC(N)Cc1ccc(OCc2ncccn2)c(Cl)c1. The molecule has 0 radical (unpaired) electrons. The van der Waals surface area contributed by atoms with Crippen molar-refractivity contribution in [2.75, 3.05) is 0 Å². The summed E-state index contributed by atoms with van der Waals surface area (Å²) in [5, 5.41) is 0.578. The molecule has 0 fully saturated rings. The van der Waals surface area contributed by atoms with Crippen LogP contribution < -0.4 is 10.5 Å². The molecule has 5 heteroatoms. The maximum Gasteiger partial charge on any atom is 0.166 e. The molecule has 0 aliphatic carbocycles. The predicted octanol–water partition coefficient (Wildman–Crippen LogP) is 2.60. The normalized spacial score (nSPS) is 12.2. The third-order valence-electron chi connectivity index (χ3n) is 2.53. The molecule has 2 aromatic rings. The lowest BCUT2D eigenvalue weighted by atomic mass is 10.1. The van der Waals surface area contributed by atoms with Gasteiger partial charge in [-0.05, 0) is 37.1 Å². The van der Waals surface area contributed by atoms with Crippen molar-refractivity contribution in [3.05, 3.63) is 53.1 Å². The Bertz CT molecular complexity index is 531. The lowest BCUT2D eigenvalue weighted by molar-refractivity contribution is 0.296. The molecule has 2 rings (SSSR count). The van der Waals surface area contributed by atoms with Crippen LogP contribution in [0.4, 0.5) is 0 Å². The summed E-state index contributed by atoms with van der Waals surface area (Å²) in [6.45, 7) is 2.26. The molecule has 4 nitrogen and oxygen atoms in total. The Morgan fingerprint density at radius 2 is 2.05 bits per heavy atom. The zero-order valence-corrected chi connectivity index (χ0v) is 11.5. The first kappa shape index (κ1) is 13.8. The van der Waals surface area contributed by atoms with Crippen LogP contribution in [0.5, 0.6) is 5.75 Å². The number of aromatic nitrogens is 2. The van der Waals surface area contributed by atoms with Gasteiger partial charge in [-0.1, -0.05) is 17.7 Å². The average Bonchev–Trinajstić information content (AvgIpc) is 2.38. The van der Waals surface area contributed by atoms with Crippen LogP contribution in [0.3, 0.4) is 0 Å². The van der Waals surface area contributed by atoms with Crippen molar-refractivity contribution in [3.63, 3.8) is 0 Å². The lowest BCUT2D eigenvalue weighted by Gasteiger charge is -2.10. The molecule has 0 bridgehead atoms. The second-order valence-electron chi connectivity index (χ2n) is 4.40. The fraction of sp³-hybridized carbons (Fsp3) is 0.286. The van der Waals surface area contributed by atoms with Crippen LogP contribution >= 0.6 is 11.6 Å². The standard InChI is InChI=1S/C14H16ClN3O/c1-10(16)7-11-3-4-13(12(15)8-11)19-9-14-17-5-2-6-18-14/h2-6,8,10H,7,9,16H2,1H3. The number of hydrogen-bond acceptors (Lipinski definition) is 4. The molecule has 1 unspecified atom stereocenters. The number of nitrogens with two attached hydrogens (primary N) is 1. The lowest BCUT2D eigenvalue weighted by Crippen LogP contribution is -2.17. The molecule has 0 saturated carbocycles. The van der Waals surface area contributed by atoms with Crippen molar-refractivity contribution < 1.29 is 4.74 Å². The molecule has 2 N–H and O–H groups in total. The Morgan fingerprint density at radius 1 is 1.32 bits per heavy atom. The van der Waals surface area contributed by atoms with Crippen molar-refractivity contribution in [1.29, 1.82) is 0 Å². The van der Waals surface area contributed by atoms with Crippen LogP contribution in [0.15, 0.2) is 36.7 Å². The molecule has 1 heterocycles. The summed E-state index contributed by atoms with van der Waals surface area (Å²) in [4.78, 5) is 8.17. The van der Waals surface area contributed by atoms with Gasteiger partial charge in [0.2, 0.25) is 0 Å². The minimum absolute atomic E-state index is 0.112. The number of halogens is 1. The summed E-state index contributed by atoms with van der Waals surface area (Å²) in [6.07, 6.45) is 4.15. The van der Waals surface area contributed by atoms with Gasteiger partial charge in [0.1, 0.15) is 12.4 Å². The smallest absolute Gasteiger partial charge is 0.166 e. The van der Waals surface area contributed by atoms with Crippen LogP contribution in [-0.4, -0.2) is 16.0 Å². The first-order valence-corrected chi connectivity index (χ1v) is 6.45. The van der Waals surface area contributed by atoms with Crippen molar-refractivity contribution in [3.8, 4) is 5.75 Å². The fourth-order valence-electron chi connectivity index (χ4n) is 1.71. The van der Waals surface area contributed by atoms with Gasteiger partial charge in [0.05, 0.1) is 5.02 Å². The Hall–Kier alpha value is -1.65. The van der Waals surface area contributed by atoms with Crippen molar-refractivity contribution in [1.82, 2.24) is 9.97 Å². The van der Waals surface area contributed by atoms with Gasteiger partial charge < -0.3 is 10.5 Å². The summed E-state index contributed by atoms with van der Waals surface area (Å²) in [7, 11) is 0. The monoisotopic (exact) mass is 277 g/mol. The average molecular weight is 278 g/mol. The molecular weight excluding hydrogens is 262 g/mol. The number of ether oxygens (including phenoxy) is 1. The number of nitrogens with zero attached hydrogens (tertiary/aromatic N) is 2. The van der Waals surface area contributed by atoms with E-state index >= 15 is 0 Å². The maximum absolute atomic E-state index is 6.17. The molecular formula is C14H16ClN3O. The van der Waals surface area contributed by atoms with Gasteiger partial charge in [0.25, 0.3) is 0 Å². The van der Waals surface area contributed by atoms with Gasteiger partial charge >= 0.3 is 0 Å². The molecule has 0 aliphatic rings. The molecule has 1 aromatic carbocycles. The Morgan fingerprint density at radius 3 is 2.68 bits per heavy atom. The molecule has 1 aromatic heterocycles. The summed E-state index contributed by atoms with van der Waals surface area (Å²) >= 11 is 6.17. The summed E-state index contributed by atoms with van der Waals surface area (Å²) in [6, 6.07) is 7.57. The topological polar surface area (TPSA) is 61.0 Å². The van der Waals surface area contributed by atoms with Gasteiger partial charge in [0, 0.05) is 18.4 Å². The van der Waals surface area contributed by atoms with E-state index in [-0.39, 0.29) is 6.04 Å². The predicted molar refractivity (Wildman–Crippen MR) is 75.2 cm³/mol. The highest BCUT2D eigenvalue weighted by molar-refractivity contribution is 6.32. The third-order valence-corrected chi connectivity index (χ3v) is 2.83. The Kier molecular flexibility index (Phi) is 4.71. The minimum Gasteiger partial charge on any atom is -0.484 e. The molecule has 0 amide bonds. The largest absolute Gasteiger partial charge is 0.484 e. The zero-order chi connectivity index (χ0) is 13.7. The summed E-state index contributed by atoms with van der Waals surface area (Å²) in [5.74, 6) is 1.25. The molecule has 0 spiro atoms. The second-order valence-corrected chi connectivity index (χ2v) is 4.81. The zero-order valence-electron chi connectivity index (χ0n) is 10.7. The highest BCUT2D eigenvalue weighted by atomic mass is 35.5. The molecule has 100 valence electrons.